The largest absolute Gasteiger partial charge is 0.478 e. The minimum absolute atomic E-state index is 0.224. The lowest BCUT2D eigenvalue weighted by Crippen LogP contribution is -2.53. The van der Waals surface area contributed by atoms with E-state index in [0.717, 1.165) is 43.9 Å². The maximum absolute atomic E-state index is 11.4. The molecule has 2 atom stereocenters. The average Bonchev–Trinajstić information content (AvgIpc) is 3.29. The Morgan fingerprint density at radius 2 is 1.96 bits per heavy atom. The molecule has 2 aromatic carbocycles. The highest BCUT2D eigenvalue weighted by Gasteiger charge is 2.41. The number of aryl methyl sites for hydroxylation is 1. The molecule has 0 spiro atoms. The second-order valence-electron chi connectivity index (χ2n) is 7.38. The van der Waals surface area contributed by atoms with Crippen molar-refractivity contribution in [3.63, 3.8) is 0 Å². The number of piperazine rings is 1. The second-order valence-corrected chi connectivity index (χ2v) is 8.48. The van der Waals surface area contributed by atoms with Gasteiger partial charge in [-0.1, -0.05) is 36.0 Å². The molecule has 1 saturated heterocycles. The third kappa shape index (κ3) is 2.92. The Kier molecular flexibility index (Phi) is 4.34. The number of nitrogens with one attached hydrogen (secondary N) is 1. The Balaban J connectivity index is 1.56. The standard InChI is InChI=1S/C21H23N3O2S/c25-20(26)15-6-8-18-19(13-15)27-21(23-11-9-22-10-12-23)24(18)17-7-5-14-3-1-2-4-16(14)17/h1-4,6,8,13,17,21-22H,5,7,9-12H2,(H,25,26). The number of carboxylic acids is 1. The zero-order chi connectivity index (χ0) is 18.4. The van der Waals surface area contributed by atoms with Crippen molar-refractivity contribution in [1.29, 1.82) is 0 Å². The minimum Gasteiger partial charge on any atom is -0.478 e. The van der Waals surface area contributed by atoms with Gasteiger partial charge >= 0.3 is 5.97 Å². The molecule has 27 heavy (non-hydrogen) atoms. The average molecular weight is 382 g/mol. The maximum atomic E-state index is 11.4. The normalized spacial score (nSPS) is 24.7. The fraction of sp³-hybridized carbons (Fsp3) is 0.381. The highest BCUT2D eigenvalue weighted by molar-refractivity contribution is 8.00. The molecular formula is C21H23N3O2S. The molecular weight excluding hydrogens is 358 g/mol. The lowest BCUT2D eigenvalue weighted by atomic mass is 10.1. The van der Waals surface area contributed by atoms with Crippen molar-refractivity contribution in [1.82, 2.24) is 10.2 Å². The predicted molar refractivity (Wildman–Crippen MR) is 107 cm³/mol. The van der Waals surface area contributed by atoms with E-state index in [4.69, 9.17) is 0 Å². The first-order valence-corrected chi connectivity index (χ1v) is 10.5. The van der Waals surface area contributed by atoms with Gasteiger partial charge in [0.05, 0.1) is 17.3 Å². The number of hydrogen-bond donors (Lipinski definition) is 2. The number of aromatic carboxylic acids is 1. The zero-order valence-corrected chi connectivity index (χ0v) is 15.9. The van der Waals surface area contributed by atoms with E-state index in [1.54, 1.807) is 17.8 Å². The van der Waals surface area contributed by atoms with Crippen LogP contribution in [-0.4, -0.2) is 47.7 Å². The molecule has 3 aliphatic rings. The van der Waals surface area contributed by atoms with Crippen LogP contribution in [-0.2, 0) is 6.42 Å². The molecule has 140 valence electrons. The van der Waals surface area contributed by atoms with E-state index in [-0.39, 0.29) is 5.50 Å². The van der Waals surface area contributed by atoms with Crippen molar-refractivity contribution in [2.24, 2.45) is 0 Å². The Labute approximate surface area is 163 Å². The van der Waals surface area contributed by atoms with Crippen molar-refractivity contribution >= 4 is 23.4 Å². The van der Waals surface area contributed by atoms with Gasteiger partial charge in [-0.25, -0.2) is 4.79 Å². The summed E-state index contributed by atoms with van der Waals surface area (Å²) in [5.74, 6) is -0.859. The number of benzene rings is 2. The predicted octanol–water partition coefficient (Wildman–Crippen LogP) is 3.17. The molecule has 0 saturated carbocycles. The van der Waals surface area contributed by atoms with E-state index in [2.05, 4.69) is 39.4 Å². The van der Waals surface area contributed by atoms with Gasteiger partial charge in [0.2, 0.25) is 0 Å². The van der Waals surface area contributed by atoms with Crippen molar-refractivity contribution < 1.29 is 9.90 Å². The molecule has 1 fully saturated rings. The van der Waals surface area contributed by atoms with E-state index < -0.39 is 5.97 Å². The fourth-order valence-electron chi connectivity index (χ4n) is 4.54. The molecule has 5 nitrogen and oxygen atoms in total. The fourth-order valence-corrected chi connectivity index (χ4v) is 5.99. The molecule has 0 amide bonds. The number of hydrogen-bond acceptors (Lipinski definition) is 5. The summed E-state index contributed by atoms with van der Waals surface area (Å²) in [5.41, 5.74) is 4.64. The third-order valence-electron chi connectivity index (χ3n) is 5.86. The summed E-state index contributed by atoms with van der Waals surface area (Å²) in [6.45, 7) is 4.04. The smallest absolute Gasteiger partial charge is 0.335 e. The summed E-state index contributed by atoms with van der Waals surface area (Å²) in [6, 6.07) is 14.7. The summed E-state index contributed by atoms with van der Waals surface area (Å²) >= 11 is 1.80. The van der Waals surface area contributed by atoms with Crippen LogP contribution in [0.15, 0.2) is 47.4 Å². The van der Waals surface area contributed by atoms with Crippen molar-refractivity contribution in [2.75, 3.05) is 31.1 Å². The lowest BCUT2D eigenvalue weighted by molar-refractivity contribution is 0.0696. The van der Waals surface area contributed by atoms with Crippen LogP contribution in [0.25, 0.3) is 0 Å². The number of anilines is 1. The van der Waals surface area contributed by atoms with Gasteiger partial charge in [0.15, 0.2) is 0 Å². The van der Waals surface area contributed by atoms with Gasteiger partial charge in [-0.05, 0) is 42.2 Å². The first kappa shape index (κ1) is 17.1. The van der Waals surface area contributed by atoms with Crippen molar-refractivity contribution in [2.45, 2.75) is 29.3 Å². The molecule has 0 bridgehead atoms. The molecule has 2 heterocycles. The topological polar surface area (TPSA) is 55.8 Å². The number of thioether (sulfide) groups is 1. The first-order chi connectivity index (χ1) is 13.2. The van der Waals surface area contributed by atoms with Crippen molar-refractivity contribution in [3.05, 3.63) is 59.2 Å². The summed E-state index contributed by atoms with van der Waals surface area (Å²) < 4.78 is 0. The van der Waals surface area contributed by atoms with Crippen LogP contribution in [0.4, 0.5) is 5.69 Å². The van der Waals surface area contributed by atoms with Crippen molar-refractivity contribution in [3.8, 4) is 0 Å². The van der Waals surface area contributed by atoms with E-state index in [0.29, 0.717) is 11.6 Å². The molecule has 2 aliphatic heterocycles. The zero-order valence-electron chi connectivity index (χ0n) is 15.1. The van der Waals surface area contributed by atoms with Gasteiger partial charge in [-0.3, -0.25) is 4.90 Å². The van der Waals surface area contributed by atoms with Crippen LogP contribution in [0.2, 0.25) is 0 Å². The Morgan fingerprint density at radius 3 is 2.78 bits per heavy atom. The number of carbonyl (C=O) groups is 1. The molecule has 5 rings (SSSR count). The van der Waals surface area contributed by atoms with Crippen LogP contribution in [0, 0.1) is 0 Å². The molecule has 1 aliphatic carbocycles. The highest BCUT2D eigenvalue weighted by atomic mass is 32.2. The quantitative estimate of drug-likeness (QED) is 0.852. The number of carboxylic acid groups (broad SMARTS) is 1. The number of rotatable bonds is 3. The monoisotopic (exact) mass is 381 g/mol. The second kappa shape index (κ2) is 6.86. The van der Waals surface area contributed by atoms with Crippen LogP contribution in [0.5, 0.6) is 0 Å². The van der Waals surface area contributed by atoms with Gasteiger partial charge < -0.3 is 15.3 Å². The first-order valence-electron chi connectivity index (χ1n) is 9.57. The lowest BCUT2D eigenvalue weighted by Gasteiger charge is -2.41. The molecule has 6 heteroatoms. The van der Waals surface area contributed by atoms with Crippen LogP contribution in [0.1, 0.15) is 33.9 Å². The molecule has 0 aromatic heterocycles. The Bertz CT molecular complexity index is 881. The SMILES string of the molecule is O=C(O)c1ccc2c(c1)SC(N1CCNCC1)N2C1CCc2ccccc21. The van der Waals surface area contributed by atoms with E-state index in [9.17, 15) is 9.90 Å². The Hall–Kier alpha value is -2.02. The summed E-state index contributed by atoms with van der Waals surface area (Å²) in [6.07, 6.45) is 2.22. The van der Waals surface area contributed by atoms with Gasteiger partial charge in [-0.2, -0.15) is 0 Å². The van der Waals surface area contributed by atoms with Gasteiger partial charge in [0, 0.05) is 31.1 Å². The van der Waals surface area contributed by atoms with E-state index in [1.807, 2.05) is 12.1 Å². The van der Waals surface area contributed by atoms with Gasteiger partial charge in [-0.15, -0.1) is 0 Å². The molecule has 2 unspecified atom stereocenters. The van der Waals surface area contributed by atoms with Gasteiger partial charge in [0.1, 0.15) is 5.50 Å². The maximum Gasteiger partial charge on any atom is 0.335 e. The highest BCUT2D eigenvalue weighted by Crippen LogP contribution is 2.51. The van der Waals surface area contributed by atoms with Gasteiger partial charge in [0.25, 0.3) is 0 Å². The molecule has 0 radical (unpaired) electrons. The summed E-state index contributed by atoms with van der Waals surface area (Å²) in [5, 5.41) is 12.8. The minimum atomic E-state index is -0.859. The molecule has 2 N–H and O–H groups in total. The summed E-state index contributed by atoms with van der Waals surface area (Å²) in [4.78, 5) is 17.6. The van der Waals surface area contributed by atoms with E-state index >= 15 is 0 Å². The molecule has 2 aromatic rings. The number of fused-ring (bicyclic) bond motifs is 2. The van der Waals surface area contributed by atoms with Crippen LogP contribution >= 0.6 is 11.8 Å². The third-order valence-corrected chi connectivity index (χ3v) is 7.17. The summed E-state index contributed by atoms with van der Waals surface area (Å²) in [7, 11) is 0. The Morgan fingerprint density at radius 1 is 1.15 bits per heavy atom. The van der Waals surface area contributed by atoms with Crippen LogP contribution in [0.3, 0.4) is 0 Å². The number of nitrogens with zero attached hydrogens (tertiary/aromatic N) is 2. The van der Waals surface area contributed by atoms with E-state index in [1.165, 1.54) is 16.8 Å². The van der Waals surface area contributed by atoms with Crippen LogP contribution < -0.4 is 10.2 Å².